The first-order chi connectivity index (χ1) is 14.5. The lowest BCUT2D eigenvalue weighted by molar-refractivity contribution is -0.384. The number of pyridine rings is 1. The van der Waals surface area contributed by atoms with E-state index in [4.69, 9.17) is 16.7 Å². The van der Waals surface area contributed by atoms with Gasteiger partial charge in [-0.15, -0.1) is 0 Å². The molecule has 2 heterocycles. The quantitative estimate of drug-likeness (QED) is 0.388. The van der Waals surface area contributed by atoms with Crippen molar-refractivity contribution in [3.05, 3.63) is 117 Å². The van der Waals surface area contributed by atoms with Crippen molar-refractivity contribution in [1.29, 1.82) is 0 Å². The summed E-state index contributed by atoms with van der Waals surface area (Å²) < 4.78 is 0. The molecule has 0 saturated heterocycles. The number of rotatable bonds is 6. The number of halogens is 1. The number of hydrogen-bond donors (Lipinski definition) is 0. The maximum atomic E-state index is 11.3. The first kappa shape index (κ1) is 19.8. The Kier molecular flexibility index (Phi) is 5.59. The van der Waals surface area contributed by atoms with Gasteiger partial charge < -0.3 is 0 Å². The van der Waals surface area contributed by atoms with E-state index in [9.17, 15) is 10.1 Å². The van der Waals surface area contributed by atoms with Crippen LogP contribution in [0.4, 0.5) is 5.69 Å². The number of benzene rings is 2. The minimum atomic E-state index is -0.381. The van der Waals surface area contributed by atoms with Crippen LogP contribution in [0.25, 0.3) is 0 Å². The van der Waals surface area contributed by atoms with Crippen LogP contribution in [0, 0.1) is 10.1 Å². The maximum Gasteiger partial charge on any atom is 0.269 e. The number of nitro groups is 1. The van der Waals surface area contributed by atoms with Crippen LogP contribution in [-0.4, -0.2) is 20.6 Å². The van der Waals surface area contributed by atoms with Crippen LogP contribution in [-0.2, 0) is 6.42 Å². The van der Waals surface area contributed by atoms with E-state index < -0.39 is 0 Å². The smallest absolute Gasteiger partial charge is 0.264 e. The molecule has 4 rings (SSSR count). The third kappa shape index (κ3) is 4.23. The summed E-state index contributed by atoms with van der Waals surface area (Å²) in [5.41, 5.74) is 4.54. The topological polar surface area (TPSA) is 71.6 Å². The standard InChI is InChI=1S/C23H19ClN4O2/c1-16(12-17-7-9-20(24)10-8-17)27-23(18-4-2-6-21(13-18)28(29)30)14-22(26-27)19-5-3-11-25-15-19/h2-11,13,15,23H,1,12,14H2. The van der Waals surface area contributed by atoms with Gasteiger partial charge in [0.05, 0.1) is 16.7 Å². The van der Waals surface area contributed by atoms with E-state index in [2.05, 4.69) is 11.6 Å². The molecule has 0 spiro atoms. The third-order valence-corrected chi connectivity index (χ3v) is 5.27. The molecule has 0 radical (unpaired) electrons. The lowest BCUT2D eigenvalue weighted by Crippen LogP contribution is -2.20. The van der Waals surface area contributed by atoms with E-state index in [1.54, 1.807) is 24.5 Å². The van der Waals surface area contributed by atoms with Gasteiger partial charge in [-0.2, -0.15) is 5.10 Å². The molecule has 0 bridgehead atoms. The van der Waals surface area contributed by atoms with Gasteiger partial charge in [-0.05, 0) is 29.3 Å². The van der Waals surface area contributed by atoms with Gasteiger partial charge in [0, 0.05) is 53.7 Å². The molecule has 1 atom stereocenters. The summed E-state index contributed by atoms with van der Waals surface area (Å²) >= 11 is 5.99. The average Bonchev–Trinajstić information content (AvgIpc) is 3.22. The van der Waals surface area contributed by atoms with Crippen molar-refractivity contribution in [2.24, 2.45) is 5.10 Å². The molecule has 1 aliphatic rings. The Hall–Kier alpha value is -3.51. The summed E-state index contributed by atoms with van der Waals surface area (Å²) in [6.45, 7) is 4.25. The van der Waals surface area contributed by atoms with Crippen LogP contribution in [0.5, 0.6) is 0 Å². The largest absolute Gasteiger partial charge is 0.269 e. The summed E-state index contributed by atoms with van der Waals surface area (Å²) in [7, 11) is 0. The van der Waals surface area contributed by atoms with E-state index in [0.717, 1.165) is 28.1 Å². The predicted molar refractivity (Wildman–Crippen MR) is 117 cm³/mol. The highest BCUT2D eigenvalue weighted by Gasteiger charge is 2.31. The molecule has 6 nitrogen and oxygen atoms in total. The highest BCUT2D eigenvalue weighted by Crippen LogP contribution is 2.37. The third-order valence-electron chi connectivity index (χ3n) is 5.02. The maximum absolute atomic E-state index is 11.3. The Labute approximate surface area is 179 Å². The summed E-state index contributed by atoms with van der Waals surface area (Å²) in [5.74, 6) is 0. The second kappa shape index (κ2) is 8.47. The zero-order valence-electron chi connectivity index (χ0n) is 16.1. The van der Waals surface area contributed by atoms with Crippen molar-refractivity contribution in [2.45, 2.75) is 18.9 Å². The zero-order valence-corrected chi connectivity index (χ0v) is 16.9. The van der Waals surface area contributed by atoms with Gasteiger partial charge in [0.15, 0.2) is 0 Å². The van der Waals surface area contributed by atoms with Gasteiger partial charge in [0.1, 0.15) is 0 Å². The fourth-order valence-electron chi connectivity index (χ4n) is 3.53. The molecule has 0 amide bonds. The number of nitrogens with zero attached hydrogens (tertiary/aromatic N) is 4. The molecule has 2 aromatic carbocycles. The highest BCUT2D eigenvalue weighted by atomic mass is 35.5. The van der Waals surface area contributed by atoms with Crippen LogP contribution in [0.2, 0.25) is 5.02 Å². The minimum absolute atomic E-state index is 0.0607. The molecular weight excluding hydrogens is 400 g/mol. The Balaban J connectivity index is 1.67. The van der Waals surface area contributed by atoms with Gasteiger partial charge in [-0.25, -0.2) is 0 Å². The molecule has 3 aromatic rings. The first-order valence-corrected chi connectivity index (χ1v) is 9.83. The molecule has 150 valence electrons. The number of hydrazone groups is 1. The monoisotopic (exact) mass is 418 g/mol. The number of non-ortho nitro benzene ring substituents is 1. The second-order valence-corrected chi connectivity index (χ2v) is 7.51. The summed E-state index contributed by atoms with van der Waals surface area (Å²) in [4.78, 5) is 15.1. The van der Waals surface area contributed by atoms with Crippen LogP contribution in [0.1, 0.15) is 29.2 Å². The van der Waals surface area contributed by atoms with Crippen molar-refractivity contribution < 1.29 is 4.92 Å². The fraction of sp³-hybridized carbons (Fsp3) is 0.130. The molecule has 1 unspecified atom stereocenters. The first-order valence-electron chi connectivity index (χ1n) is 9.45. The molecule has 1 aliphatic heterocycles. The Morgan fingerprint density at radius 1 is 1.20 bits per heavy atom. The van der Waals surface area contributed by atoms with Crippen molar-refractivity contribution in [3.8, 4) is 0 Å². The Morgan fingerprint density at radius 3 is 2.70 bits per heavy atom. The van der Waals surface area contributed by atoms with Gasteiger partial charge in [-0.1, -0.05) is 48.5 Å². The molecule has 0 saturated carbocycles. The lowest BCUT2D eigenvalue weighted by Gasteiger charge is -2.26. The predicted octanol–water partition coefficient (Wildman–Crippen LogP) is 5.55. The molecule has 0 N–H and O–H groups in total. The van der Waals surface area contributed by atoms with Crippen LogP contribution < -0.4 is 0 Å². The van der Waals surface area contributed by atoms with Gasteiger partial charge in [-0.3, -0.25) is 20.1 Å². The number of hydrogen-bond acceptors (Lipinski definition) is 5. The van der Waals surface area contributed by atoms with E-state index in [0.29, 0.717) is 17.9 Å². The summed E-state index contributed by atoms with van der Waals surface area (Å²) in [6, 6.07) is 17.9. The number of allylic oxidation sites excluding steroid dienone is 1. The van der Waals surface area contributed by atoms with Crippen molar-refractivity contribution >= 4 is 23.0 Å². The Bertz CT molecular complexity index is 1110. The van der Waals surface area contributed by atoms with E-state index in [-0.39, 0.29) is 16.7 Å². The molecule has 7 heteroatoms. The van der Waals surface area contributed by atoms with Crippen molar-refractivity contribution in [3.63, 3.8) is 0 Å². The van der Waals surface area contributed by atoms with Crippen molar-refractivity contribution in [1.82, 2.24) is 9.99 Å². The average molecular weight is 419 g/mol. The van der Waals surface area contributed by atoms with Crippen LogP contribution in [0.3, 0.4) is 0 Å². The normalized spacial score (nSPS) is 15.7. The SMILES string of the molecule is C=C(Cc1ccc(Cl)cc1)N1N=C(c2cccnc2)CC1c1cccc([N+](=O)[O-])c1. The van der Waals surface area contributed by atoms with Gasteiger partial charge >= 0.3 is 0 Å². The molecule has 30 heavy (non-hydrogen) atoms. The number of nitro benzene ring substituents is 1. The highest BCUT2D eigenvalue weighted by molar-refractivity contribution is 6.30. The summed E-state index contributed by atoms with van der Waals surface area (Å²) in [6.07, 6.45) is 4.68. The van der Waals surface area contributed by atoms with Crippen molar-refractivity contribution in [2.75, 3.05) is 0 Å². The Morgan fingerprint density at radius 2 is 2.00 bits per heavy atom. The fourth-order valence-corrected chi connectivity index (χ4v) is 3.66. The van der Waals surface area contributed by atoms with E-state index >= 15 is 0 Å². The second-order valence-electron chi connectivity index (χ2n) is 7.07. The molecule has 1 aromatic heterocycles. The molecule has 0 fully saturated rings. The van der Waals surface area contributed by atoms with Crippen LogP contribution >= 0.6 is 11.6 Å². The molecule has 0 aliphatic carbocycles. The zero-order chi connectivity index (χ0) is 21.1. The van der Waals surface area contributed by atoms with E-state index in [1.807, 2.05) is 47.5 Å². The minimum Gasteiger partial charge on any atom is -0.264 e. The van der Waals surface area contributed by atoms with E-state index in [1.165, 1.54) is 6.07 Å². The number of aromatic nitrogens is 1. The van der Waals surface area contributed by atoms with Crippen LogP contribution in [0.15, 0.2) is 90.4 Å². The van der Waals surface area contributed by atoms with Gasteiger partial charge in [0.2, 0.25) is 0 Å². The summed E-state index contributed by atoms with van der Waals surface area (Å²) in [5, 5.41) is 18.6. The van der Waals surface area contributed by atoms with Gasteiger partial charge in [0.25, 0.3) is 5.69 Å². The lowest BCUT2D eigenvalue weighted by atomic mass is 9.98. The molecular formula is C23H19ClN4O2.